The Morgan fingerprint density at radius 2 is 1.95 bits per heavy atom. The van der Waals surface area contributed by atoms with Crippen molar-refractivity contribution in [2.45, 2.75) is 25.2 Å². The Kier molecular flexibility index (Phi) is 4.20. The van der Waals surface area contributed by atoms with E-state index in [4.69, 9.17) is 4.74 Å². The Balaban J connectivity index is 2.24. The monoisotopic (exact) mass is 262 g/mol. The molecule has 0 unspecified atom stereocenters. The molecule has 19 heavy (non-hydrogen) atoms. The Labute approximate surface area is 112 Å². The molecule has 1 aliphatic rings. The highest BCUT2D eigenvalue weighted by Crippen LogP contribution is 2.45. The van der Waals surface area contributed by atoms with Gasteiger partial charge in [0.1, 0.15) is 0 Å². The van der Waals surface area contributed by atoms with Crippen molar-refractivity contribution < 1.29 is 19.4 Å². The van der Waals surface area contributed by atoms with E-state index in [-0.39, 0.29) is 18.3 Å². The molecule has 0 aromatic heterocycles. The van der Waals surface area contributed by atoms with Crippen LogP contribution in [0.25, 0.3) is 0 Å². The molecule has 1 N–H and O–H groups in total. The van der Waals surface area contributed by atoms with Gasteiger partial charge in [-0.05, 0) is 30.2 Å². The number of carboxylic acid groups (broad SMARTS) is 1. The Hall–Kier alpha value is -1.84. The maximum Gasteiger partial charge on any atom is 0.311 e. The van der Waals surface area contributed by atoms with Crippen LogP contribution in [0.15, 0.2) is 30.3 Å². The maximum atomic E-state index is 11.6. The van der Waals surface area contributed by atoms with Gasteiger partial charge >= 0.3 is 11.9 Å². The van der Waals surface area contributed by atoms with Crippen LogP contribution in [-0.4, -0.2) is 24.2 Å². The minimum absolute atomic E-state index is 0.174. The lowest BCUT2D eigenvalue weighted by atomic mass is 9.81. The summed E-state index contributed by atoms with van der Waals surface area (Å²) < 4.78 is 4.69. The van der Waals surface area contributed by atoms with Crippen molar-refractivity contribution in [2.75, 3.05) is 7.11 Å². The van der Waals surface area contributed by atoms with Crippen LogP contribution in [-0.2, 0) is 14.3 Å². The lowest BCUT2D eigenvalue weighted by Crippen LogP contribution is -2.26. The molecule has 2 atom stereocenters. The second-order valence-electron chi connectivity index (χ2n) is 5.01. The maximum absolute atomic E-state index is 11.6. The summed E-state index contributed by atoms with van der Waals surface area (Å²) in [6.45, 7) is 0. The van der Waals surface area contributed by atoms with Crippen molar-refractivity contribution in [3.63, 3.8) is 0 Å². The SMILES string of the molecule is COC(=O)C[C@H](C1CC1)[C@@H](C(=O)O)c1ccccc1. The van der Waals surface area contributed by atoms with Gasteiger partial charge in [0.05, 0.1) is 13.0 Å². The van der Waals surface area contributed by atoms with E-state index in [2.05, 4.69) is 0 Å². The molecule has 0 spiro atoms. The van der Waals surface area contributed by atoms with Crippen LogP contribution in [0.5, 0.6) is 0 Å². The zero-order valence-electron chi connectivity index (χ0n) is 10.9. The molecule has 0 bridgehead atoms. The number of carbonyl (C=O) groups is 2. The Morgan fingerprint density at radius 1 is 1.32 bits per heavy atom. The normalized spacial score (nSPS) is 17.5. The van der Waals surface area contributed by atoms with Crippen LogP contribution in [0.1, 0.15) is 30.7 Å². The topological polar surface area (TPSA) is 63.6 Å². The van der Waals surface area contributed by atoms with Gasteiger partial charge in [0, 0.05) is 6.42 Å². The summed E-state index contributed by atoms with van der Waals surface area (Å²) in [6, 6.07) is 9.13. The lowest BCUT2D eigenvalue weighted by molar-refractivity contribution is -0.144. The largest absolute Gasteiger partial charge is 0.481 e. The van der Waals surface area contributed by atoms with Gasteiger partial charge in [-0.25, -0.2) is 0 Å². The first-order valence-corrected chi connectivity index (χ1v) is 6.48. The molecule has 4 heteroatoms. The second-order valence-corrected chi connectivity index (χ2v) is 5.01. The number of carboxylic acids is 1. The van der Waals surface area contributed by atoms with E-state index in [9.17, 15) is 14.7 Å². The number of hydrogen-bond acceptors (Lipinski definition) is 3. The third kappa shape index (κ3) is 3.34. The fourth-order valence-electron chi connectivity index (χ4n) is 2.59. The lowest BCUT2D eigenvalue weighted by Gasteiger charge is -2.23. The summed E-state index contributed by atoms with van der Waals surface area (Å²) in [6.07, 6.45) is 2.17. The predicted octanol–water partition coefficient (Wildman–Crippen LogP) is 2.44. The van der Waals surface area contributed by atoms with Gasteiger partial charge in [-0.2, -0.15) is 0 Å². The van der Waals surface area contributed by atoms with Crippen molar-refractivity contribution >= 4 is 11.9 Å². The van der Waals surface area contributed by atoms with Gasteiger partial charge < -0.3 is 9.84 Å². The molecular formula is C15H18O4. The first-order chi connectivity index (χ1) is 9.13. The molecular weight excluding hydrogens is 244 g/mol. The average molecular weight is 262 g/mol. The van der Waals surface area contributed by atoms with Crippen LogP contribution in [0, 0.1) is 11.8 Å². The number of rotatable bonds is 6. The van der Waals surface area contributed by atoms with E-state index < -0.39 is 11.9 Å². The molecule has 0 heterocycles. The number of esters is 1. The van der Waals surface area contributed by atoms with Gasteiger partial charge in [-0.15, -0.1) is 0 Å². The smallest absolute Gasteiger partial charge is 0.311 e. The fourth-order valence-corrected chi connectivity index (χ4v) is 2.59. The van der Waals surface area contributed by atoms with Crippen molar-refractivity contribution in [1.82, 2.24) is 0 Å². The fraction of sp³-hybridized carbons (Fsp3) is 0.467. The van der Waals surface area contributed by atoms with E-state index in [1.54, 1.807) is 0 Å². The van der Waals surface area contributed by atoms with Crippen LogP contribution < -0.4 is 0 Å². The van der Waals surface area contributed by atoms with Gasteiger partial charge in [0.25, 0.3) is 0 Å². The number of benzene rings is 1. The number of carbonyl (C=O) groups excluding carboxylic acids is 1. The molecule has 0 aliphatic heterocycles. The molecule has 0 saturated heterocycles. The third-order valence-corrected chi connectivity index (χ3v) is 3.71. The summed E-state index contributed by atoms with van der Waals surface area (Å²) in [4.78, 5) is 23.1. The average Bonchev–Trinajstić information content (AvgIpc) is 3.23. The standard InChI is InChI=1S/C15H18O4/c1-19-13(16)9-12(10-7-8-10)14(15(17)18)11-5-3-2-4-6-11/h2-6,10,12,14H,7-9H2,1H3,(H,17,18)/t12-,14+/m1/s1. The van der Waals surface area contributed by atoms with Gasteiger partial charge in [0.2, 0.25) is 0 Å². The van der Waals surface area contributed by atoms with Crippen LogP contribution in [0.2, 0.25) is 0 Å². The summed E-state index contributed by atoms with van der Waals surface area (Å²) >= 11 is 0. The minimum atomic E-state index is -0.869. The van der Waals surface area contributed by atoms with E-state index in [0.29, 0.717) is 5.92 Å². The number of aliphatic carboxylic acids is 1. The number of hydrogen-bond donors (Lipinski definition) is 1. The summed E-state index contributed by atoms with van der Waals surface area (Å²) in [5.74, 6) is -1.69. The molecule has 4 nitrogen and oxygen atoms in total. The van der Waals surface area contributed by atoms with E-state index in [1.807, 2.05) is 30.3 Å². The van der Waals surface area contributed by atoms with Crippen molar-refractivity contribution in [2.24, 2.45) is 11.8 Å². The zero-order chi connectivity index (χ0) is 13.8. The Morgan fingerprint density at radius 3 is 2.42 bits per heavy atom. The van der Waals surface area contributed by atoms with Crippen LogP contribution in [0.4, 0.5) is 0 Å². The molecule has 1 aromatic carbocycles. The molecule has 102 valence electrons. The third-order valence-electron chi connectivity index (χ3n) is 3.71. The number of ether oxygens (including phenoxy) is 1. The summed E-state index contributed by atoms with van der Waals surface area (Å²) in [7, 11) is 1.34. The summed E-state index contributed by atoms with van der Waals surface area (Å²) in [5, 5.41) is 9.51. The highest BCUT2D eigenvalue weighted by atomic mass is 16.5. The molecule has 2 rings (SSSR count). The first-order valence-electron chi connectivity index (χ1n) is 6.48. The predicted molar refractivity (Wildman–Crippen MR) is 69.7 cm³/mol. The molecule has 1 aliphatic carbocycles. The second kappa shape index (κ2) is 5.87. The van der Waals surface area contributed by atoms with Crippen LogP contribution >= 0.6 is 0 Å². The van der Waals surface area contributed by atoms with Gasteiger partial charge in [-0.1, -0.05) is 30.3 Å². The van der Waals surface area contributed by atoms with Crippen molar-refractivity contribution in [3.05, 3.63) is 35.9 Å². The minimum Gasteiger partial charge on any atom is -0.481 e. The Bertz CT molecular complexity index is 450. The molecule has 1 saturated carbocycles. The van der Waals surface area contributed by atoms with Crippen molar-refractivity contribution in [1.29, 1.82) is 0 Å². The number of methoxy groups -OCH3 is 1. The molecule has 1 fully saturated rings. The first kappa shape index (κ1) is 13.6. The van der Waals surface area contributed by atoms with E-state index in [0.717, 1.165) is 18.4 Å². The van der Waals surface area contributed by atoms with E-state index in [1.165, 1.54) is 7.11 Å². The molecule has 0 radical (unpaired) electrons. The van der Waals surface area contributed by atoms with Gasteiger partial charge in [-0.3, -0.25) is 9.59 Å². The van der Waals surface area contributed by atoms with Gasteiger partial charge in [0.15, 0.2) is 0 Å². The van der Waals surface area contributed by atoms with Crippen LogP contribution in [0.3, 0.4) is 0 Å². The zero-order valence-corrected chi connectivity index (χ0v) is 10.9. The van der Waals surface area contributed by atoms with Crippen molar-refractivity contribution in [3.8, 4) is 0 Å². The molecule has 0 amide bonds. The quantitative estimate of drug-likeness (QED) is 0.800. The highest BCUT2D eigenvalue weighted by Gasteiger charge is 2.41. The summed E-state index contributed by atoms with van der Waals surface area (Å²) in [5.41, 5.74) is 0.760. The van der Waals surface area contributed by atoms with E-state index >= 15 is 0 Å². The molecule has 1 aromatic rings. The highest BCUT2D eigenvalue weighted by molar-refractivity contribution is 5.78.